The lowest BCUT2D eigenvalue weighted by atomic mass is 10.1. The molecule has 42 heavy (non-hydrogen) atoms. The molecule has 0 saturated carbocycles. The molecule has 0 atom stereocenters. The van der Waals surface area contributed by atoms with Crippen LogP contribution in [-0.2, 0) is 9.47 Å². The van der Waals surface area contributed by atoms with E-state index in [-0.39, 0.29) is 11.9 Å². The van der Waals surface area contributed by atoms with Gasteiger partial charge < -0.3 is 41.0 Å². The fourth-order valence-electron chi connectivity index (χ4n) is 4.36. The van der Waals surface area contributed by atoms with Gasteiger partial charge in [0.25, 0.3) is 5.91 Å². The third-order valence-corrected chi connectivity index (χ3v) is 6.54. The van der Waals surface area contributed by atoms with Gasteiger partial charge in [0.1, 0.15) is 0 Å². The van der Waals surface area contributed by atoms with Gasteiger partial charge in [0.05, 0.1) is 13.2 Å². The molecule has 0 aliphatic carbocycles. The van der Waals surface area contributed by atoms with Crippen molar-refractivity contribution in [1.82, 2.24) is 25.2 Å². The number of urea groups is 1. The van der Waals surface area contributed by atoms with Crippen LogP contribution < -0.4 is 26.6 Å². The number of ether oxygens (including phenoxy) is 2. The second-order valence-corrected chi connectivity index (χ2v) is 9.47. The molecule has 2 fully saturated rings. The minimum atomic E-state index is -0.395. The van der Waals surface area contributed by atoms with Crippen molar-refractivity contribution in [3.05, 3.63) is 54.1 Å². The van der Waals surface area contributed by atoms with Crippen molar-refractivity contribution < 1.29 is 19.1 Å². The SMILES string of the molecule is CCOCC.Nc1nc(-c2ccc(NC(=O)Nc3ccc(C(=O)N4CCNCC4)cc3)cc2)nc(N2CCOCC2)n1. The van der Waals surface area contributed by atoms with Gasteiger partial charge in [-0.15, -0.1) is 0 Å². The zero-order chi connectivity index (χ0) is 29.7. The molecule has 13 heteroatoms. The van der Waals surface area contributed by atoms with Crippen molar-refractivity contribution in [2.75, 3.05) is 87.0 Å². The van der Waals surface area contributed by atoms with Gasteiger partial charge in [-0.1, -0.05) is 0 Å². The summed E-state index contributed by atoms with van der Waals surface area (Å²) >= 11 is 0. The van der Waals surface area contributed by atoms with Crippen LogP contribution in [0.2, 0.25) is 0 Å². The normalized spacial score (nSPS) is 14.9. The number of nitrogens with one attached hydrogen (secondary N) is 3. The Morgan fingerprint density at radius 3 is 2.05 bits per heavy atom. The average Bonchev–Trinajstić information content (AvgIpc) is 3.03. The van der Waals surface area contributed by atoms with Gasteiger partial charge in [-0.25, -0.2) is 4.79 Å². The monoisotopic (exact) mass is 577 g/mol. The van der Waals surface area contributed by atoms with E-state index in [1.807, 2.05) is 35.8 Å². The molecule has 0 radical (unpaired) electrons. The van der Waals surface area contributed by atoms with E-state index in [0.717, 1.165) is 31.9 Å². The summed E-state index contributed by atoms with van der Waals surface area (Å²) in [6.07, 6.45) is 0. The molecule has 2 saturated heterocycles. The molecule has 5 rings (SSSR count). The summed E-state index contributed by atoms with van der Waals surface area (Å²) in [5.41, 5.74) is 8.46. The number of rotatable bonds is 7. The zero-order valence-corrected chi connectivity index (χ0v) is 24.1. The Morgan fingerprint density at radius 1 is 0.881 bits per heavy atom. The maximum atomic E-state index is 12.6. The smallest absolute Gasteiger partial charge is 0.323 e. The van der Waals surface area contributed by atoms with Crippen LogP contribution in [0, 0.1) is 0 Å². The first-order chi connectivity index (χ1) is 20.5. The number of nitrogens with zero attached hydrogens (tertiary/aromatic N) is 5. The summed E-state index contributed by atoms with van der Waals surface area (Å²) in [5, 5.41) is 8.82. The Labute approximate surface area is 245 Å². The molecule has 0 bridgehead atoms. The van der Waals surface area contributed by atoms with Crippen LogP contribution in [0.5, 0.6) is 0 Å². The molecule has 0 spiro atoms. The molecule has 3 aromatic rings. The van der Waals surface area contributed by atoms with Crippen LogP contribution in [0.25, 0.3) is 11.4 Å². The summed E-state index contributed by atoms with van der Waals surface area (Å²) in [6.45, 7) is 11.2. The van der Waals surface area contributed by atoms with Gasteiger partial charge in [0.2, 0.25) is 11.9 Å². The highest BCUT2D eigenvalue weighted by molar-refractivity contribution is 6.00. The number of piperazine rings is 1. The van der Waals surface area contributed by atoms with Crippen LogP contribution in [-0.4, -0.2) is 97.5 Å². The molecular weight excluding hydrogens is 538 g/mol. The molecule has 5 N–H and O–H groups in total. The van der Waals surface area contributed by atoms with Crippen LogP contribution in [0.1, 0.15) is 24.2 Å². The molecule has 1 aromatic heterocycles. The summed E-state index contributed by atoms with van der Waals surface area (Å²) in [6, 6.07) is 13.6. The predicted molar refractivity (Wildman–Crippen MR) is 163 cm³/mol. The molecule has 0 unspecified atom stereocenters. The van der Waals surface area contributed by atoms with E-state index in [4.69, 9.17) is 15.2 Å². The number of hydrogen-bond donors (Lipinski definition) is 4. The third-order valence-electron chi connectivity index (χ3n) is 6.54. The lowest BCUT2D eigenvalue weighted by Crippen LogP contribution is -2.46. The fourth-order valence-corrected chi connectivity index (χ4v) is 4.36. The molecule has 2 aromatic carbocycles. The predicted octanol–water partition coefficient (Wildman–Crippen LogP) is 2.69. The highest BCUT2D eigenvalue weighted by atomic mass is 16.5. The molecule has 13 nitrogen and oxygen atoms in total. The van der Waals surface area contributed by atoms with E-state index in [1.165, 1.54) is 0 Å². The first-order valence-corrected chi connectivity index (χ1v) is 14.2. The summed E-state index contributed by atoms with van der Waals surface area (Å²) < 4.78 is 10.2. The standard InChI is InChI=1S/C25H29N9O3.C4H10O/c26-23-30-21(31-24(32-23)34-13-15-37-16-14-34)17-1-5-19(6-2-17)28-25(36)29-20-7-3-18(4-8-20)22(35)33-11-9-27-10-12-33;1-3-5-4-2/h1-8,27H,9-16H2,(H2,28,29,36)(H2,26,30,31,32);3-4H2,1-2H3. The van der Waals surface area contributed by atoms with Crippen molar-refractivity contribution in [3.63, 3.8) is 0 Å². The Hall–Kier alpha value is -4.33. The van der Waals surface area contributed by atoms with E-state index in [9.17, 15) is 9.59 Å². The summed E-state index contributed by atoms with van der Waals surface area (Å²) in [7, 11) is 0. The molecule has 3 amide bonds. The Kier molecular flexibility index (Phi) is 11.4. The second kappa shape index (κ2) is 15.6. The summed E-state index contributed by atoms with van der Waals surface area (Å²) in [5.74, 6) is 1.12. The molecule has 2 aliphatic rings. The Morgan fingerprint density at radius 2 is 1.48 bits per heavy atom. The van der Waals surface area contributed by atoms with Crippen LogP contribution >= 0.6 is 0 Å². The number of nitrogens with two attached hydrogens (primary N) is 1. The minimum Gasteiger partial charge on any atom is -0.382 e. The van der Waals surface area contributed by atoms with E-state index in [1.54, 1.807) is 36.4 Å². The van der Waals surface area contributed by atoms with Crippen LogP contribution in [0.15, 0.2) is 48.5 Å². The first kappa shape index (κ1) is 30.6. The number of amides is 3. The highest BCUT2D eigenvalue weighted by Gasteiger charge is 2.18. The van der Waals surface area contributed by atoms with Crippen LogP contribution in [0.4, 0.5) is 28.1 Å². The second-order valence-electron chi connectivity index (χ2n) is 9.47. The Balaban J connectivity index is 0.000000748. The number of hydrogen-bond acceptors (Lipinski definition) is 10. The average molecular weight is 578 g/mol. The van der Waals surface area contributed by atoms with Crippen molar-refractivity contribution in [2.45, 2.75) is 13.8 Å². The van der Waals surface area contributed by atoms with Crippen molar-refractivity contribution in [3.8, 4) is 11.4 Å². The molecule has 3 heterocycles. The number of carbonyl (C=O) groups excluding carboxylic acids is 2. The van der Waals surface area contributed by atoms with Gasteiger partial charge in [0, 0.05) is 75.0 Å². The number of benzene rings is 2. The number of anilines is 4. The lowest BCUT2D eigenvalue weighted by Gasteiger charge is -2.27. The van der Waals surface area contributed by atoms with E-state index < -0.39 is 6.03 Å². The fraction of sp³-hybridized carbons (Fsp3) is 0.414. The van der Waals surface area contributed by atoms with E-state index in [0.29, 0.717) is 68.1 Å². The number of morpholine rings is 1. The van der Waals surface area contributed by atoms with Gasteiger partial charge in [0.15, 0.2) is 5.82 Å². The highest BCUT2D eigenvalue weighted by Crippen LogP contribution is 2.22. The molecule has 2 aliphatic heterocycles. The van der Waals surface area contributed by atoms with Crippen LogP contribution in [0.3, 0.4) is 0 Å². The van der Waals surface area contributed by atoms with Crippen molar-refractivity contribution in [2.24, 2.45) is 0 Å². The minimum absolute atomic E-state index is 0.00501. The topological polar surface area (TPSA) is 160 Å². The van der Waals surface area contributed by atoms with Gasteiger partial charge in [-0.3, -0.25) is 4.79 Å². The first-order valence-electron chi connectivity index (χ1n) is 14.2. The van der Waals surface area contributed by atoms with Gasteiger partial charge >= 0.3 is 6.03 Å². The zero-order valence-electron chi connectivity index (χ0n) is 24.1. The summed E-state index contributed by atoms with van der Waals surface area (Å²) in [4.78, 5) is 42.0. The van der Waals surface area contributed by atoms with E-state index >= 15 is 0 Å². The third kappa shape index (κ3) is 8.83. The largest absolute Gasteiger partial charge is 0.382 e. The van der Waals surface area contributed by atoms with Gasteiger partial charge in [-0.05, 0) is 62.4 Å². The van der Waals surface area contributed by atoms with E-state index in [2.05, 4.69) is 30.9 Å². The number of aromatic nitrogens is 3. The quantitative estimate of drug-likeness (QED) is 0.329. The maximum Gasteiger partial charge on any atom is 0.323 e. The molecule has 224 valence electrons. The number of nitrogen functional groups attached to an aromatic ring is 1. The van der Waals surface area contributed by atoms with Crippen molar-refractivity contribution in [1.29, 1.82) is 0 Å². The number of carbonyl (C=O) groups is 2. The molecular formula is C29H39N9O4. The maximum absolute atomic E-state index is 12.6. The lowest BCUT2D eigenvalue weighted by molar-refractivity contribution is 0.0736. The Bertz CT molecular complexity index is 1290. The van der Waals surface area contributed by atoms with Crippen molar-refractivity contribution >= 4 is 35.2 Å². The van der Waals surface area contributed by atoms with Gasteiger partial charge in [-0.2, -0.15) is 15.0 Å².